The highest BCUT2D eigenvalue weighted by Gasteiger charge is 2.35. The van der Waals surface area contributed by atoms with Crippen LogP contribution in [0.1, 0.15) is 17.5 Å². The van der Waals surface area contributed by atoms with Crippen LogP contribution in [0.5, 0.6) is 5.75 Å². The van der Waals surface area contributed by atoms with E-state index in [1.165, 1.54) is 0 Å². The number of hydrogen-bond acceptors (Lipinski definition) is 3. The number of aliphatic hydroxyl groups is 1. The lowest BCUT2D eigenvalue weighted by atomic mass is 9.96. The maximum atomic E-state index is 10.1. The number of nitrogens with two attached hydrogens (primary N) is 1. The van der Waals surface area contributed by atoms with Crippen molar-refractivity contribution in [1.29, 1.82) is 0 Å². The van der Waals surface area contributed by atoms with Gasteiger partial charge in [0.05, 0.1) is 7.11 Å². The minimum atomic E-state index is -0.818. The summed E-state index contributed by atoms with van der Waals surface area (Å²) in [5, 5.41) is 10.1. The molecule has 3 nitrogen and oxygen atoms in total. The highest BCUT2D eigenvalue weighted by molar-refractivity contribution is 5.42. The summed E-state index contributed by atoms with van der Waals surface area (Å²) in [6, 6.07) is 5.75. The molecule has 1 unspecified atom stereocenters. The monoisotopic (exact) mass is 193 g/mol. The van der Waals surface area contributed by atoms with E-state index in [1.54, 1.807) is 7.11 Å². The van der Waals surface area contributed by atoms with E-state index >= 15 is 0 Å². The number of aryl methyl sites for hydroxylation is 1. The van der Waals surface area contributed by atoms with Crippen LogP contribution >= 0.6 is 0 Å². The van der Waals surface area contributed by atoms with Crippen LogP contribution in [-0.4, -0.2) is 18.8 Å². The molecular weight excluding hydrogens is 178 g/mol. The number of fused-ring (bicyclic) bond motifs is 1. The van der Waals surface area contributed by atoms with E-state index in [0.29, 0.717) is 6.42 Å². The predicted molar refractivity (Wildman–Crippen MR) is 54.3 cm³/mol. The van der Waals surface area contributed by atoms with Gasteiger partial charge in [0.25, 0.3) is 0 Å². The molecule has 76 valence electrons. The summed E-state index contributed by atoms with van der Waals surface area (Å²) in [4.78, 5) is 0. The zero-order chi connectivity index (χ0) is 10.2. The van der Waals surface area contributed by atoms with Gasteiger partial charge >= 0.3 is 0 Å². The van der Waals surface area contributed by atoms with Crippen molar-refractivity contribution in [2.75, 3.05) is 13.7 Å². The van der Waals surface area contributed by atoms with Crippen LogP contribution in [-0.2, 0) is 12.0 Å². The third kappa shape index (κ3) is 1.29. The largest absolute Gasteiger partial charge is 0.497 e. The van der Waals surface area contributed by atoms with Gasteiger partial charge in [-0.2, -0.15) is 0 Å². The molecule has 1 atom stereocenters. The molecular formula is C11H15NO2. The summed E-state index contributed by atoms with van der Waals surface area (Å²) < 4.78 is 5.13. The van der Waals surface area contributed by atoms with Crippen LogP contribution in [0.2, 0.25) is 0 Å². The second-order valence-corrected chi connectivity index (χ2v) is 3.76. The first-order chi connectivity index (χ1) is 6.69. The zero-order valence-electron chi connectivity index (χ0n) is 8.29. The first-order valence-electron chi connectivity index (χ1n) is 4.79. The molecule has 0 heterocycles. The Bertz CT molecular complexity index is 351. The van der Waals surface area contributed by atoms with Gasteiger partial charge in [-0.3, -0.25) is 0 Å². The van der Waals surface area contributed by atoms with Gasteiger partial charge in [0.15, 0.2) is 0 Å². The molecule has 3 heteroatoms. The van der Waals surface area contributed by atoms with E-state index in [2.05, 4.69) is 0 Å². The lowest BCUT2D eigenvalue weighted by molar-refractivity contribution is 0.0481. The summed E-state index contributed by atoms with van der Waals surface area (Å²) in [5.74, 6) is 0.838. The summed E-state index contributed by atoms with van der Waals surface area (Å²) in [7, 11) is 1.64. The topological polar surface area (TPSA) is 55.5 Å². The van der Waals surface area contributed by atoms with E-state index in [-0.39, 0.29) is 6.54 Å². The summed E-state index contributed by atoms with van der Waals surface area (Å²) in [6.45, 7) is 0.284. The van der Waals surface area contributed by atoms with Gasteiger partial charge in [-0.05, 0) is 36.1 Å². The van der Waals surface area contributed by atoms with E-state index in [4.69, 9.17) is 10.5 Å². The molecule has 0 saturated carbocycles. The van der Waals surface area contributed by atoms with Crippen LogP contribution < -0.4 is 10.5 Å². The Morgan fingerprint density at radius 1 is 1.57 bits per heavy atom. The average molecular weight is 193 g/mol. The van der Waals surface area contributed by atoms with Crippen molar-refractivity contribution in [3.63, 3.8) is 0 Å². The fourth-order valence-electron chi connectivity index (χ4n) is 2.05. The molecule has 0 bridgehead atoms. The number of methoxy groups -OCH3 is 1. The lowest BCUT2D eigenvalue weighted by Gasteiger charge is -2.21. The van der Waals surface area contributed by atoms with Crippen molar-refractivity contribution in [2.45, 2.75) is 18.4 Å². The summed E-state index contributed by atoms with van der Waals surface area (Å²) in [6.07, 6.45) is 1.59. The molecule has 1 aliphatic rings. The number of benzene rings is 1. The Morgan fingerprint density at radius 2 is 2.36 bits per heavy atom. The van der Waals surface area contributed by atoms with Crippen LogP contribution in [0, 0.1) is 0 Å². The Hall–Kier alpha value is -1.06. The van der Waals surface area contributed by atoms with Gasteiger partial charge in [0.2, 0.25) is 0 Å². The number of ether oxygens (including phenoxy) is 1. The van der Waals surface area contributed by atoms with E-state index in [1.807, 2.05) is 18.2 Å². The van der Waals surface area contributed by atoms with E-state index in [0.717, 1.165) is 23.3 Å². The lowest BCUT2D eigenvalue weighted by Crippen LogP contribution is -2.32. The third-order valence-electron chi connectivity index (χ3n) is 2.96. The van der Waals surface area contributed by atoms with Crippen molar-refractivity contribution < 1.29 is 9.84 Å². The fraction of sp³-hybridized carbons (Fsp3) is 0.455. The van der Waals surface area contributed by atoms with Crippen molar-refractivity contribution in [3.05, 3.63) is 29.3 Å². The standard InChI is InChI=1S/C11H15NO2/c1-14-9-2-3-10-8(6-9)4-5-11(10,13)7-12/h2-3,6,13H,4-5,7,12H2,1H3. The molecule has 1 aromatic rings. The summed E-state index contributed by atoms with van der Waals surface area (Å²) in [5.41, 5.74) is 6.86. The van der Waals surface area contributed by atoms with Gasteiger partial charge in [0.1, 0.15) is 11.4 Å². The molecule has 0 amide bonds. The zero-order valence-corrected chi connectivity index (χ0v) is 8.29. The Morgan fingerprint density at radius 3 is 3.00 bits per heavy atom. The molecule has 14 heavy (non-hydrogen) atoms. The molecule has 0 aromatic heterocycles. The molecule has 0 radical (unpaired) electrons. The smallest absolute Gasteiger partial charge is 0.119 e. The molecule has 1 aromatic carbocycles. The number of hydrogen-bond donors (Lipinski definition) is 2. The number of rotatable bonds is 2. The highest BCUT2D eigenvalue weighted by Crippen LogP contribution is 2.37. The molecule has 0 aliphatic heterocycles. The van der Waals surface area contributed by atoms with Gasteiger partial charge in [0, 0.05) is 6.54 Å². The SMILES string of the molecule is COc1ccc2c(c1)CCC2(O)CN. The second kappa shape index (κ2) is 3.26. The average Bonchev–Trinajstić information content (AvgIpc) is 2.57. The highest BCUT2D eigenvalue weighted by atomic mass is 16.5. The molecule has 2 rings (SSSR count). The first-order valence-corrected chi connectivity index (χ1v) is 4.79. The molecule has 0 spiro atoms. The Kier molecular flexibility index (Phi) is 2.21. The quantitative estimate of drug-likeness (QED) is 0.730. The van der Waals surface area contributed by atoms with Crippen molar-refractivity contribution in [3.8, 4) is 5.75 Å². The summed E-state index contributed by atoms with van der Waals surface area (Å²) >= 11 is 0. The second-order valence-electron chi connectivity index (χ2n) is 3.76. The maximum Gasteiger partial charge on any atom is 0.119 e. The van der Waals surface area contributed by atoms with Gasteiger partial charge in [-0.25, -0.2) is 0 Å². The van der Waals surface area contributed by atoms with Crippen LogP contribution in [0.4, 0.5) is 0 Å². The molecule has 1 aliphatic carbocycles. The third-order valence-corrected chi connectivity index (χ3v) is 2.96. The van der Waals surface area contributed by atoms with Gasteiger partial charge < -0.3 is 15.6 Å². The van der Waals surface area contributed by atoms with Gasteiger partial charge in [-0.15, -0.1) is 0 Å². The normalized spacial score (nSPS) is 24.8. The Balaban J connectivity index is 2.43. The predicted octanol–water partition coefficient (Wildman–Crippen LogP) is 0.788. The van der Waals surface area contributed by atoms with Crippen molar-refractivity contribution in [2.24, 2.45) is 5.73 Å². The van der Waals surface area contributed by atoms with Crippen LogP contribution in [0.15, 0.2) is 18.2 Å². The minimum absolute atomic E-state index is 0.284. The first kappa shape index (κ1) is 9.49. The van der Waals surface area contributed by atoms with Crippen molar-refractivity contribution >= 4 is 0 Å². The van der Waals surface area contributed by atoms with Gasteiger partial charge in [-0.1, -0.05) is 6.07 Å². The van der Waals surface area contributed by atoms with E-state index < -0.39 is 5.60 Å². The van der Waals surface area contributed by atoms with Crippen molar-refractivity contribution in [1.82, 2.24) is 0 Å². The van der Waals surface area contributed by atoms with Crippen LogP contribution in [0.25, 0.3) is 0 Å². The molecule has 0 saturated heterocycles. The molecule has 0 fully saturated rings. The minimum Gasteiger partial charge on any atom is -0.497 e. The van der Waals surface area contributed by atoms with E-state index in [9.17, 15) is 5.11 Å². The molecule has 3 N–H and O–H groups in total. The fourth-order valence-corrected chi connectivity index (χ4v) is 2.05. The maximum absolute atomic E-state index is 10.1. The van der Waals surface area contributed by atoms with Crippen LogP contribution in [0.3, 0.4) is 0 Å². The Labute approximate surface area is 83.5 Å².